The Hall–Kier alpha value is -3.94. The summed E-state index contributed by atoms with van der Waals surface area (Å²) in [5.41, 5.74) is 0.712. The Balaban J connectivity index is 2.05. The summed E-state index contributed by atoms with van der Waals surface area (Å²) in [6.45, 7) is 0. The van der Waals surface area contributed by atoms with Crippen LogP contribution in [0.25, 0.3) is 17.2 Å². The van der Waals surface area contributed by atoms with Gasteiger partial charge in [-0.2, -0.15) is 8.42 Å². The Morgan fingerprint density at radius 2 is 1.29 bits per heavy atom. The molecular formula is C25H27NO10S2. The normalized spacial score (nSPS) is 11.7. The van der Waals surface area contributed by atoms with E-state index in [-0.39, 0.29) is 22.6 Å². The predicted molar refractivity (Wildman–Crippen MR) is 142 cm³/mol. The van der Waals surface area contributed by atoms with Crippen molar-refractivity contribution < 1.29 is 45.1 Å². The minimum absolute atomic E-state index is 0.0491. The fraction of sp³-hybridized carbons (Fsp3) is 0.200. The van der Waals surface area contributed by atoms with E-state index >= 15 is 0 Å². The van der Waals surface area contributed by atoms with Gasteiger partial charge in [0, 0.05) is 28.9 Å². The van der Waals surface area contributed by atoms with Crippen molar-refractivity contribution in [2.45, 2.75) is 4.90 Å². The van der Waals surface area contributed by atoms with Crippen molar-refractivity contribution in [1.82, 2.24) is 0 Å². The molecule has 38 heavy (non-hydrogen) atoms. The average molecular weight is 566 g/mol. The van der Waals surface area contributed by atoms with E-state index in [9.17, 15) is 21.4 Å². The van der Waals surface area contributed by atoms with Gasteiger partial charge in [-0.25, -0.2) is 8.42 Å². The van der Waals surface area contributed by atoms with Crippen LogP contribution in [0.5, 0.6) is 28.7 Å². The second kappa shape index (κ2) is 11.6. The van der Waals surface area contributed by atoms with Crippen LogP contribution in [0.15, 0.2) is 58.8 Å². The van der Waals surface area contributed by atoms with E-state index in [0.717, 1.165) is 5.41 Å². The van der Waals surface area contributed by atoms with Crippen molar-refractivity contribution in [3.63, 3.8) is 0 Å². The van der Waals surface area contributed by atoms with Crippen LogP contribution in [0.1, 0.15) is 5.56 Å². The zero-order valence-corrected chi connectivity index (χ0v) is 22.8. The van der Waals surface area contributed by atoms with E-state index in [0.29, 0.717) is 28.6 Å². The minimum Gasteiger partial charge on any atom is -0.497 e. The van der Waals surface area contributed by atoms with Crippen LogP contribution in [0.2, 0.25) is 0 Å². The lowest BCUT2D eigenvalue weighted by atomic mass is 10.0. The molecule has 3 aromatic carbocycles. The molecule has 3 aromatic rings. The second-order valence-corrected chi connectivity index (χ2v) is 10.6. The average Bonchev–Trinajstić information content (AvgIpc) is 2.90. The molecule has 0 spiro atoms. The Morgan fingerprint density at radius 1 is 0.684 bits per heavy atom. The summed E-state index contributed by atoms with van der Waals surface area (Å²) >= 11 is 0. The van der Waals surface area contributed by atoms with Crippen molar-refractivity contribution in [3.05, 3.63) is 59.5 Å². The van der Waals surface area contributed by atoms with Crippen LogP contribution in [-0.4, -0.2) is 56.9 Å². The molecule has 0 atom stereocenters. The Labute approximate surface area is 221 Å². The van der Waals surface area contributed by atoms with E-state index in [2.05, 4.69) is 4.72 Å². The molecule has 204 valence electrons. The summed E-state index contributed by atoms with van der Waals surface area (Å²) in [4.78, 5) is -0.407. The number of hydrogen-bond donors (Lipinski definition) is 2. The topological polar surface area (TPSA) is 147 Å². The first-order chi connectivity index (χ1) is 18.0. The molecule has 0 saturated carbocycles. The Kier molecular flexibility index (Phi) is 8.76. The lowest BCUT2D eigenvalue weighted by Crippen LogP contribution is -2.09. The lowest BCUT2D eigenvalue weighted by Gasteiger charge is -2.15. The number of benzene rings is 3. The van der Waals surface area contributed by atoms with Gasteiger partial charge in [-0.05, 0) is 42.5 Å². The summed E-state index contributed by atoms with van der Waals surface area (Å²) in [5, 5.41) is 0.929. The molecule has 2 N–H and O–H groups in total. The van der Waals surface area contributed by atoms with Crippen molar-refractivity contribution in [2.24, 2.45) is 0 Å². The standard InChI is InChI=1S/C25H27NO10S2/c1-32-17-7-9-25(38(29,30)31)21(13-17)20-12-16(6-8-22(20)34-3)26-37(27,28)11-10-19-23(35-4)14-18(33-2)15-24(19)36-5/h6-15,26H,1-5H3,(H,29,30,31)/b11-10+. The maximum atomic E-state index is 12.9. The maximum absolute atomic E-state index is 12.9. The largest absolute Gasteiger partial charge is 0.497 e. The van der Waals surface area contributed by atoms with Gasteiger partial charge >= 0.3 is 0 Å². The highest BCUT2D eigenvalue weighted by atomic mass is 32.2. The van der Waals surface area contributed by atoms with E-state index in [1.54, 1.807) is 12.1 Å². The van der Waals surface area contributed by atoms with E-state index in [1.807, 2.05) is 0 Å². The number of ether oxygens (including phenoxy) is 5. The third-order valence-corrected chi connectivity index (χ3v) is 7.31. The van der Waals surface area contributed by atoms with Crippen LogP contribution < -0.4 is 28.4 Å². The molecule has 0 bridgehead atoms. The minimum atomic E-state index is -4.63. The first-order valence-corrected chi connectivity index (χ1v) is 13.8. The van der Waals surface area contributed by atoms with Crippen LogP contribution in [0.4, 0.5) is 5.69 Å². The van der Waals surface area contributed by atoms with Gasteiger partial charge in [0.25, 0.3) is 20.1 Å². The third-order valence-electron chi connectivity index (χ3n) is 5.38. The molecule has 0 aliphatic rings. The summed E-state index contributed by atoms with van der Waals surface area (Å²) < 4.78 is 88.5. The fourth-order valence-electron chi connectivity index (χ4n) is 3.61. The smallest absolute Gasteiger partial charge is 0.295 e. The summed E-state index contributed by atoms with van der Waals surface area (Å²) in [6.07, 6.45) is 1.31. The van der Waals surface area contributed by atoms with Gasteiger partial charge in [0.05, 0.1) is 46.5 Å². The van der Waals surface area contributed by atoms with Gasteiger partial charge in [0.15, 0.2) is 0 Å². The number of methoxy groups -OCH3 is 5. The molecule has 0 aromatic heterocycles. The van der Waals surface area contributed by atoms with Gasteiger partial charge < -0.3 is 23.7 Å². The van der Waals surface area contributed by atoms with Crippen molar-refractivity contribution in [1.29, 1.82) is 0 Å². The summed E-state index contributed by atoms with van der Waals surface area (Å²) in [7, 11) is -1.61. The monoisotopic (exact) mass is 565 g/mol. The zero-order chi connectivity index (χ0) is 28.1. The molecule has 0 heterocycles. The van der Waals surface area contributed by atoms with E-state index < -0.39 is 25.0 Å². The van der Waals surface area contributed by atoms with Gasteiger partial charge in [0.1, 0.15) is 33.6 Å². The molecule has 11 nitrogen and oxygen atoms in total. The Morgan fingerprint density at radius 3 is 1.82 bits per heavy atom. The van der Waals surface area contributed by atoms with E-state index in [1.165, 1.54) is 78.0 Å². The van der Waals surface area contributed by atoms with Gasteiger partial charge in [-0.15, -0.1) is 0 Å². The molecule has 0 saturated heterocycles. The SMILES string of the molecule is COc1cc(OC)c(/C=C/S(=O)(=O)Nc2ccc(OC)c(-c3cc(OC)ccc3S(=O)(=O)O)c2)c(OC)c1. The Bertz CT molecular complexity index is 1540. The highest BCUT2D eigenvalue weighted by molar-refractivity contribution is 7.95. The number of rotatable bonds is 11. The number of anilines is 1. The first-order valence-electron chi connectivity index (χ1n) is 10.8. The maximum Gasteiger partial charge on any atom is 0.295 e. The molecule has 0 unspecified atom stereocenters. The number of sulfonamides is 1. The molecule has 0 aliphatic carbocycles. The molecule has 3 rings (SSSR count). The fourth-order valence-corrected chi connectivity index (χ4v) is 5.13. The zero-order valence-electron chi connectivity index (χ0n) is 21.2. The molecule has 0 fully saturated rings. The van der Waals surface area contributed by atoms with Crippen LogP contribution >= 0.6 is 0 Å². The molecule has 0 aliphatic heterocycles. The van der Waals surface area contributed by atoms with Crippen molar-refractivity contribution >= 4 is 31.9 Å². The summed E-state index contributed by atoms with van der Waals surface area (Å²) in [6, 6.07) is 11.4. The molecule has 0 radical (unpaired) electrons. The van der Waals surface area contributed by atoms with Crippen LogP contribution in [0, 0.1) is 0 Å². The highest BCUT2D eigenvalue weighted by Gasteiger charge is 2.21. The van der Waals surface area contributed by atoms with Gasteiger partial charge in [-0.1, -0.05) is 0 Å². The van der Waals surface area contributed by atoms with Crippen molar-refractivity contribution in [3.8, 4) is 39.9 Å². The van der Waals surface area contributed by atoms with E-state index in [4.69, 9.17) is 23.7 Å². The second-order valence-electron chi connectivity index (χ2n) is 7.65. The van der Waals surface area contributed by atoms with Crippen LogP contribution in [0.3, 0.4) is 0 Å². The highest BCUT2D eigenvalue weighted by Crippen LogP contribution is 2.39. The number of nitrogens with one attached hydrogen (secondary N) is 1. The molecular weight excluding hydrogens is 538 g/mol. The van der Waals surface area contributed by atoms with Gasteiger partial charge in [0.2, 0.25) is 0 Å². The molecule has 13 heteroatoms. The number of hydrogen-bond acceptors (Lipinski definition) is 9. The summed E-state index contributed by atoms with van der Waals surface area (Å²) in [5.74, 6) is 1.66. The van der Waals surface area contributed by atoms with Gasteiger partial charge in [-0.3, -0.25) is 9.27 Å². The lowest BCUT2D eigenvalue weighted by molar-refractivity contribution is 0.374. The molecule has 0 amide bonds. The quantitative estimate of drug-likeness (QED) is 0.326. The van der Waals surface area contributed by atoms with Crippen LogP contribution in [-0.2, 0) is 20.1 Å². The van der Waals surface area contributed by atoms with Crippen molar-refractivity contribution in [2.75, 3.05) is 40.3 Å². The first kappa shape index (κ1) is 28.6. The third kappa shape index (κ3) is 6.49. The predicted octanol–water partition coefficient (Wildman–Crippen LogP) is 4.06.